The molecule has 3 N–H and O–H groups in total. The molecule has 0 atom stereocenters. The van der Waals surface area contributed by atoms with Crippen LogP contribution in [-0.2, 0) is 12.6 Å². The van der Waals surface area contributed by atoms with Gasteiger partial charge in [0.05, 0.1) is 5.56 Å². The summed E-state index contributed by atoms with van der Waals surface area (Å²) in [4.78, 5) is 3.43. The molecule has 0 saturated carbocycles. The lowest BCUT2D eigenvalue weighted by Gasteiger charge is -2.09. The van der Waals surface area contributed by atoms with Crippen molar-refractivity contribution in [1.82, 2.24) is 4.98 Å². The summed E-state index contributed by atoms with van der Waals surface area (Å²) in [6.45, 7) is 4.75. The van der Waals surface area contributed by atoms with E-state index in [2.05, 4.69) is 24.0 Å². The van der Waals surface area contributed by atoms with Gasteiger partial charge in [-0.15, -0.1) is 0 Å². The van der Waals surface area contributed by atoms with Crippen LogP contribution in [0.1, 0.15) is 35.1 Å². The second-order valence-electron chi connectivity index (χ2n) is 6.80. The largest absolute Gasteiger partial charge is 0.416 e. The Labute approximate surface area is 151 Å². The summed E-state index contributed by atoms with van der Waals surface area (Å²) in [5.41, 5.74) is 11.2. The highest BCUT2D eigenvalue weighted by atomic mass is 19.4. The van der Waals surface area contributed by atoms with Gasteiger partial charge in [0.25, 0.3) is 0 Å². The van der Waals surface area contributed by atoms with Crippen molar-refractivity contribution in [3.05, 3.63) is 58.7 Å². The third-order valence-electron chi connectivity index (χ3n) is 4.72. The van der Waals surface area contributed by atoms with Crippen molar-refractivity contribution in [2.45, 2.75) is 39.3 Å². The van der Waals surface area contributed by atoms with Crippen molar-refractivity contribution in [1.29, 1.82) is 0 Å². The average Bonchev–Trinajstić information content (AvgIpc) is 2.93. The third-order valence-corrected chi connectivity index (χ3v) is 4.72. The summed E-state index contributed by atoms with van der Waals surface area (Å²) in [6.07, 6.45) is -1.61. The molecule has 2 aromatic carbocycles. The second kappa shape index (κ2) is 7.16. The number of nitrogens with two attached hydrogens (primary N) is 1. The Bertz CT molecular complexity index is 906. The number of aryl methyl sites for hydroxylation is 3. The van der Waals surface area contributed by atoms with E-state index in [1.807, 2.05) is 6.92 Å². The van der Waals surface area contributed by atoms with Crippen LogP contribution in [0.3, 0.4) is 0 Å². The number of nitrogens with one attached hydrogen (secondary N) is 1. The van der Waals surface area contributed by atoms with Crippen LogP contribution < -0.4 is 5.73 Å². The van der Waals surface area contributed by atoms with Crippen molar-refractivity contribution in [2.75, 3.05) is 6.54 Å². The number of unbranched alkanes of at least 4 members (excludes halogenated alkanes) is 1. The molecule has 0 aliphatic carbocycles. The molecular formula is C21H23F3N2. The lowest BCUT2D eigenvalue weighted by molar-refractivity contribution is -0.137. The monoisotopic (exact) mass is 360 g/mol. The van der Waals surface area contributed by atoms with Crippen LogP contribution in [0.15, 0.2) is 36.4 Å². The standard InChI is InChI=1S/C21H23F3N2/c1-13-11-14(2)19-17(5-3-4-10-25)20(26-18(19)12-13)15-6-8-16(9-7-15)21(22,23)24/h6-9,11-12,26H,3-5,10,25H2,1-2H3. The SMILES string of the molecule is Cc1cc(C)c2c(CCCCN)c(-c3ccc(C(F)(F)F)cc3)[nH]c2c1. The van der Waals surface area contributed by atoms with Gasteiger partial charge in [-0.1, -0.05) is 18.2 Å². The molecule has 138 valence electrons. The Morgan fingerprint density at radius 2 is 1.69 bits per heavy atom. The zero-order valence-electron chi connectivity index (χ0n) is 15.0. The summed E-state index contributed by atoms with van der Waals surface area (Å²) in [5.74, 6) is 0. The van der Waals surface area contributed by atoms with Gasteiger partial charge in [0.2, 0.25) is 0 Å². The van der Waals surface area contributed by atoms with E-state index in [0.29, 0.717) is 6.54 Å². The van der Waals surface area contributed by atoms with Crippen molar-refractivity contribution in [3.63, 3.8) is 0 Å². The summed E-state index contributed by atoms with van der Waals surface area (Å²) in [5, 5.41) is 1.17. The summed E-state index contributed by atoms with van der Waals surface area (Å²) >= 11 is 0. The van der Waals surface area contributed by atoms with Gasteiger partial charge in [0.1, 0.15) is 0 Å². The summed E-state index contributed by atoms with van der Waals surface area (Å²) in [6, 6.07) is 9.59. The predicted octanol–water partition coefficient (Wildman–Crippen LogP) is 5.75. The number of halogens is 3. The Balaban J connectivity index is 2.11. The molecule has 0 radical (unpaired) electrons. The Kier molecular flexibility index (Phi) is 5.10. The van der Waals surface area contributed by atoms with Crippen molar-refractivity contribution in [3.8, 4) is 11.3 Å². The van der Waals surface area contributed by atoms with Crippen LogP contribution in [0.5, 0.6) is 0 Å². The number of H-pyrrole nitrogens is 1. The number of fused-ring (bicyclic) bond motifs is 1. The van der Waals surface area contributed by atoms with E-state index in [1.54, 1.807) is 12.1 Å². The topological polar surface area (TPSA) is 41.8 Å². The molecule has 3 aromatic rings. The Hall–Kier alpha value is -2.27. The van der Waals surface area contributed by atoms with Crippen molar-refractivity contribution in [2.24, 2.45) is 5.73 Å². The molecule has 0 spiro atoms. The van der Waals surface area contributed by atoms with Gasteiger partial charge in [-0.05, 0) is 80.1 Å². The van der Waals surface area contributed by atoms with Crippen LogP contribution in [0, 0.1) is 13.8 Å². The number of benzene rings is 2. The maximum atomic E-state index is 12.9. The molecule has 1 aromatic heterocycles. The molecule has 2 nitrogen and oxygen atoms in total. The normalized spacial score (nSPS) is 12.1. The summed E-state index contributed by atoms with van der Waals surface area (Å²) in [7, 11) is 0. The molecule has 26 heavy (non-hydrogen) atoms. The minimum atomic E-state index is -4.32. The molecule has 0 unspecified atom stereocenters. The van der Waals surface area contributed by atoms with Crippen LogP contribution in [0.25, 0.3) is 22.2 Å². The quantitative estimate of drug-likeness (QED) is 0.559. The van der Waals surface area contributed by atoms with Crippen molar-refractivity contribution < 1.29 is 13.2 Å². The molecular weight excluding hydrogens is 337 g/mol. The molecule has 1 heterocycles. The number of alkyl halides is 3. The average molecular weight is 360 g/mol. The lowest BCUT2D eigenvalue weighted by Crippen LogP contribution is -2.04. The fourth-order valence-corrected chi connectivity index (χ4v) is 3.57. The van der Waals surface area contributed by atoms with Crippen LogP contribution >= 0.6 is 0 Å². The summed E-state index contributed by atoms with van der Waals surface area (Å²) < 4.78 is 38.6. The zero-order chi connectivity index (χ0) is 18.9. The first-order valence-corrected chi connectivity index (χ1v) is 8.80. The predicted molar refractivity (Wildman–Crippen MR) is 100 cm³/mol. The molecule has 0 fully saturated rings. The highest BCUT2D eigenvalue weighted by Gasteiger charge is 2.30. The fourth-order valence-electron chi connectivity index (χ4n) is 3.57. The maximum Gasteiger partial charge on any atom is 0.416 e. The first-order valence-electron chi connectivity index (χ1n) is 8.80. The zero-order valence-corrected chi connectivity index (χ0v) is 15.0. The molecule has 0 saturated heterocycles. The van der Waals surface area contributed by atoms with Gasteiger partial charge in [0.15, 0.2) is 0 Å². The molecule has 5 heteroatoms. The van der Waals surface area contributed by atoms with Gasteiger partial charge in [-0.3, -0.25) is 0 Å². The highest BCUT2D eigenvalue weighted by molar-refractivity contribution is 5.93. The van der Waals surface area contributed by atoms with E-state index in [4.69, 9.17) is 5.73 Å². The number of hydrogen-bond donors (Lipinski definition) is 2. The van der Waals surface area contributed by atoms with E-state index in [1.165, 1.54) is 10.9 Å². The molecule has 0 aliphatic rings. The van der Waals surface area contributed by atoms with Crippen LogP contribution in [-0.4, -0.2) is 11.5 Å². The van der Waals surface area contributed by atoms with E-state index >= 15 is 0 Å². The molecule has 3 rings (SSSR count). The van der Waals surface area contributed by atoms with Gasteiger partial charge >= 0.3 is 6.18 Å². The molecule has 0 aliphatic heterocycles. The van der Waals surface area contributed by atoms with E-state index in [9.17, 15) is 13.2 Å². The first kappa shape index (κ1) is 18.5. The highest BCUT2D eigenvalue weighted by Crippen LogP contribution is 2.36. The first-order chi connectivity index (χ1) is 12.3. The third kappa shape index (κ3) is 3.63. The van der Waals surface area contributed by atoms with E-state index in [-0.39, 0.29) is 0 Å². The van der Waals surface area contributed by atoms with Crippen molar-refractivity contribution >= 4 is 10.9 Å². The van der Waals surface area contributed by atoms with Gasteiger partial charge in [-0.25, -0.2) is 0 Å². The molecule has 0 amide bonds. The number of rotatable bonds is 5. The van der Waals surface area contributed by atoms with E-state index < -0.39 is 11.7 Å². The van der Waals surface area contributed by atoms with Crippen LogP contribution in [0.4, 0.5) is 13.2 Å². The van der Waals surface area contributed by atoms with E-state index in [0.717, 1.165) is 59.3 Å². The smallest absolute Gasteiger partial charge is 0.354 e. The maximum absolute atomic E-state index is 12.9. The Morgan fingerprint density at radius 1 is 1.00 bits per heavy atom. The molecule has 0 bridgehead atoms. The second-order valence-corrected chi connectivity index (χ2v) is 6.80. The number of hydrogen-bond acceptors (Lipinski definition) is 1. The number of aromatic amines is 1. The van der Waals surface area contributed by atoms with Crippen LogP contribution in [0.2, 0.25) is 0 Å². The van der Waals surface area contributed by atoms with Gasteiger partial charge in [0, 0.05) is 16.6 Å². The minimum absolute atomic E-state index is 0.630. The Morgan fingerprint density at radius 3 is 2.31 bits per heavy atom. The van der Waals surface area contributed by atoms with Gasteiger partial charge < -0.3 is 10.7 Å². The number of aromatic nitrogens is 1. The fraction of sp³-hybridized carbons (Fsp3) is 0.333. The minimum Gasteiger partial charge on any atom is -0.354 e. The van der Waals surface area contributed by atoms with Gasteiger partial charge in [-0.2, -0.15) is 13.2 Å². The lowest BCUT2D eigenvalue weighted by atomic mass is 9.96.